The van der Waals surface area contributed by atoms with E-state index in [1.165, 1.54) is 19.3 Å². The Morgan fingerprint density at radius 1 is 1.14 bits per heavy atom. The molecular formula is C18H21N3. The lowest BCUT2D eigenvalue weighted by atomic mass is 9.75. The third-order valence-electron chi connectivity index (χ3n) is 4.89. The van der Waals surface area contributed by atoms with Gasteiger partial charge in [-0.2, -0.15) is 5.26 Å². The fourth-order valence-electron chi connectivity index (χ4n) is 3.18. The Labute approximate surface area is 126 Å². The van der Waals surface area contributed by atoms with Crippen molar-refractivity contribution in [3.05, 3.63) is 42.0 Å². The predicted molar refractivity (Wildman–Crippen MR) is 87.4 cm³/mol. The number of hydrogen-bond acceptors (Lipinski definition) is 3. The van der Waals surface area contributed by atoms with E-state index in [1.54, 1.807) is 0 Å². The van der Waals surface area contributed by atoms with Crippen LogP contribution < -0.4 is 5.32 Å². The fraction of sp³-hybridized carbons (Fsp3) is 0.389. The summed E-state index contributed by atoms with van der Waals surface area (Å²) >= 11 is 0. The smallest absolute Gasteiger partial charge is 0.0998 e. The van der Waals surface area contributed by atoms with Gasteiger partial charge in [0.2, 0.25) is 0 Å². The van der Waals surface area contributed by atoms with Crippen LogP contribution in [0, 0.1) is 11.3 Å². The standard InChI is InChI=1S/C18H21N3/c1-21(2)18(10-5-11-18)13-20-17-9-8-14(12-19)15-6-3-4-7-16(15)17/h3-4,6-9,20H,5,10-11,13H2,1-2H3. The van der Waals surface area contributed by atoms with Gasteiger partial charge in [0.15, 0.2) is 0 Å². The van der Waals surface area contributed by atoms with E-state index in [2.05, 4.69) is 36.4 Å². The summed E-state index contributed by atoms with van der Waals surface area (Å²) in [6, 6.07) is 14.3. The van der Waals surface area contributed by atoms with Crippen LogP contribution in [-0.4, -0.2) is 31.1 Å². The first-order chi connectivity index (χ1) is 10.2. The molecule has 0 amide bonds. The Kier molecular flexibility index (Phi) is 3.57. The molecule has 0 aliphatic heterocycles. The van der Waals surface area contributed by atoms with Crippen molar-refractivity contribution < 1.29 is 0 Å². The average Bonchev–Trinajstić information content (AvgIpc) is 2.45. The minimum absolute atomic E-state index is 0.287. The summed E-state index contributed by atoms with van der Waals surface area (Å²) in [6.07, 6.45) is 3.82. The van der Waals surface area contributed by atoms with Gasteiger partial charge in [0.25, 0.3) is 0 Å². The first-order valence-corrected chi connectivity index (χ1v) is 7.49. The third kappa shape index (κ3) is 2.36. The van der Waals surface area contributed by atoms with Crippen LogP contribution in [-0.2, 0) is 0 Å². The number of nitriles is 1. The molecule has 0 unspecified atom stereocenters. The molecule has 2 aromatic rings. The van der Waals surface area contributed by atoms with Crippen LogP contribution in [0.1, 0.15) is 24.8 Å². The van der Waals surface area contributed by atoms with Crippen LogP contribution in [0.15, 0.2) is 36.4 Å². The van der Waals surface area contributed by atoms with Crippen molar-refractivity contribution in [1.82, 2.24) is 4.90 Å². The summed E-state index contributed by atoms with van der Waals surface area (Å²) in [7, 11) is 4.33. The molecular weight excluding hydrogens is 258 g/mol. The second-order valence-electron chi connectivity index (χ2n) is 6.14. The highest BCUT2D eigenvalue weighted by Gasteiger charge is 2.38. The van der Waals surface area contributed by atoms with Crippen molar-refractivity contribution in [1.29, 1.82) is 5.26 Å². The summed E-state index contributed by atoms with van der Waals surface area (Å²) < 4.78 is 0. The Morgan fingerprint density at radius 2 is 1.86 bits per heavy atom. The molecule has 0 atom stereocenters. The summed E-state index contributed by atoms with van der Waals surface area (Å²) in [5.74, 6) is 0. The molecule has 1 aliphatic rings. The van der Waals surface area contributed by atoms with Crippen molar-refractivity contribution >= 4 is 16.5 Å². The topological polar surface area (TPSA) is 39.1 Å². The SMILES string of the molecule is CN(C)C1(CNc2ccc(C#N)c3ccccc23)CCC1. The average molecular weight is 279 g/mol. The molecule has 21 heavy (non-hydrogen) atoms. The molecule has 0 bridgehead atoms. The van der Waals surface area contributed by atoms with Gasteiger partial charge in [-0.3, -0.25) is 0 Å². The van der Waals surface area contributed by atoms with Crippen molar-refractivity contribution in [2.24, 2.45) is 0 Å². The summed E-state index contributed by atoms with van der Waals surface area (Å²) in [4.78, 5) is 2.34. The van der Waals surface area contributed by atoms with Crippen molar-refractivity contribution in [3.8, 4) is 6.07 Å². The lowest BCUT2D eigenvalue weighted by Gasteiger charge is -2.47. The van der Waals surface area contributed by atoms with E-state index in [1.807, 2.05) is 30.3 Å². The first kappa shape index (κ1) is 13.9. The molecule has 3 heteroatoms. The normalized spacial score (nSPS) is 16.5. The Bertz CT molecular complexity index is 693. The highest BCUT2D eigenvalue weighted by atomic mass is 15.2. The van der Waals surface area contributed by atoms with Gasteiger partial charge in [0.05, 0.1) is 11.6 Å². The molecule has 0 radical (unpaired) electrons. The molecule has 108 valence electrons. The van der Waals surface area contributed by atoms with Gasteiger partial charge in [0.1, 0.15) is 0 Å². The Morgan fingerprint density at radius 3 is 2.43 bits per heavy atom. The van der Waals surface area contributed by atoms with Gasteiger partial charge in [0, 0.05) is 28.5 Å². The first-order valence-electron chi connectivity index (χ1n) is 7.49. The van der Waals surface area contributed by atoms with Gasteiger partial charge in [-0.25, -0.2) is 0 Å². The maximum atomic E-state index is 9.23. The second-order valence-corrected chi connectivity index (χ2v) is 6.14. The number of nitrogens with one attached hydrogen (secondary N) is 1. The Hall–Kier alpha value is -2.05. The molecule has 2 aromatic carbocycles. The number of hydrogen-bond donors (Lipinski definition) is 1. The van der Waals surface area contributed by atoms with Crippen LogP contribution in [0.2, 0.25) is 0 Å². The van der Waals surface area contributed by atoms with E-state index in [4.69, 9.17) is 0 Å². The number of anilines is 1. The molecule has 0 aromatic heterocycles. The van der Waals surface area contributed by atoms with Gasteiger partial charge in [-0.05, 0) is 45.5 Å². The van der Waals surface area contributed by atoms with Crippen LogP contribution >= 0.6 is 0 Å². The molecule has 1 aliphatic carbocycles. The molecule has 1 saturated carbocycles. The van der Waals surface area contributed by atoms with E-state index >= 15 is 0 Å². The van der Waals surface area contributed by atoms with Gasteiger partial charge < -0.3 is 10.2 Å². The van der Waals surface area contributed by atoms with Gasteiger partial charge in [-0.15, -0.1) is 0 Å². The Balaban J connectivity index is 1.90. The van der Waals surface area contributed by atoms with Crippen molar-refractivity contribution in [2.45, 2.75) is 24.8 Å². The van der Waals surface area contributed by atoms with Crippen LogP contribution in [0.3, 0.4) is 0 Å². The summed E-state index contributed by atoms with van der Waals surface area (Å²) in [5.41, 5.74) is 2.15. The number of rotatable bonds is 4. The number of nitrogens with zero attached hydrogens (tertiary/aromatic N) is 2. The largest absolute Gasteiger partial charge is 0.383 e. The van der Waals surface area contributed by atoms with E-state index < -0.39 is 0 Å². The second kappa shape index (κ2) is 5.38. The van der Waals surface area contributed by atoms with E-state index in [0.717, 1.165) is 28.6 Å². The lowest BCUT2D eigenvalue weighted by molar-refractivity contribution is 0.0739. The number of benzene rings is 2. The van der Waals surface area contributed by atoms with E-state index in [-0.39, 0.29) is 5.54 Å². The molecule has 0 heterocycles. The minimum Gasteiger partial charge on any atom is -0.383 e. The maximum Gasteiger partial charge on any atom is 0.0998 e. The van der Waals surface area contributed by atoms with Crippen molar-refractivity contribution in [2.75, 3.05) is 26.0 Å². The quantitative estimate of drug-likeness (QED) is 0.929. The number of likely N-dealkylation sites (N-methyl/N-ethyl adjacent to an activating group) is 1. The van der Waals surface area contributed by atoms with Crippen LogP contribution in [0.5, 0.6) is 0 Å². The lowest BCUT2D eigenvalue weighted by Crippen LogP contribution is -2.54. The summed E-state index contributed by atoms with van der Waals surface area (Å²) in [6.45, 7) is 0.954. The highest BCUT2D eigenvalue weighted by Crippen LogP contribution is 2.37. The number of fused-ring (bicyclic) bond motifs is 1. The zero-order chi connectivity index (χ0) is 14.9. The summed E-state index contributed by atoms with van der Waals surface area (Å²) in [5, 5.41) is 15.0. The minimum atomic E-state index is 0.287. The molecule has 0 spiro atoms. The van der Waals surface area contributed by atoms with Gasteiger partial charge in [-0.1, -0.05) is 24.3 Å². The zero-order valence-corrected chi connectivity index (χ0v) is 12.7. The molecule has 1 N–H and O–H groups in total. The van der Waals surface area contributed by atoms with Crippen molar-refractivity contribution in [3.63, 3.8) is 0 Å². The fourth-order valence-corrected chi connectivity index (χ4v) is 3.18. The van der Waals surface area contributed by atoms with E-state index in [0.29, 0.717) is 0 Å². The predicted octanol–water partition coefficient (Wildman–Crippen LogP) is 3.61. The van der Waals surface area contributed by atoms with Gasteiger partial charge >= 0.3 is 0 Å². The molecule has 1 fully saturated rings. The zero-order valence-electron chi connectivity index (χ0n) is 12.7. The monoisotopic (exact) mass is 279 g/mol. The van der Waals surface area contributed by atoms with E-state index in [9.17, 15) is 5.26 Å². The highest BCUT2D eigenvalue weighted by molar-refractivity contribution is 5.97. The molecule has 3 nitrogen and oxygen atoms in total. The van der Waals surface area contributed by atoms with Crippen LogP contribution in [0.4, 0.5) is 5.69 Å². The van der Waals surface area contributed by atoms with Crippen LogP contribution in [0.25, 0.3) is 10.8 Å². The third-order valence-corrected chi connectivity index (χ3v) is 4.89. The molecule has 3 rings (SSSR count). The molecule has 0 saturated heterocycles. The maximum absolute atomic E-state index is 9.23.